The van der Waals surface area contributed by atoms with Gasteiger partial charge in [0.2, 0.25) is 0 Å². The van der Waals surface area contributed by atoms with Crippen LogP contribution in [0.25, 0.3) is 0 Å². The van der Waals surface area contributed by atoms with E-state index in [1.807, 2.05) is 18.2 Å². The number of anilines is 1. The van der Waals surface area contributed by atoms with Crippen molar-refractivity contribution in [3.63, 3.8) is 0 Å². The zero-order valence-electron chi connectivity index (χ0n) is 9.99. The second-order valence-electron chi connectivity index (χ2n) is 3.75. The first kappa shape index (κ1) is 13.5. The van der Waals surface area contributed by atoms with Crippen LogP contribution in [0.3, 0.4) is 0 Å². The molecule has 0 radical (unpaired) electrons. The molecule has 0 heterocycles. The molecule has 0 saturated carbocycles. The molecular weight excluding hydrogens is 230 g/mol. The summed E-state index contributed by atoms with van der Waals surface area (Å²) in [7, 11) is 0. The molecule has 0 aliphatic heterocycles. The van der Waals surface area contributed by atoms with Crippen molar-refractivity contribution in [2.45, 2.75) is 26.2 Å². The molecule has 0 amide bonds. The van der Waals surface area contributed by atoms with Crippen molar-refractivity contribution in [2.24, 2.45) is 0 Å². The van der Waals surface area contributed by atoms with Gasteiger partial charge in [0.25, 0.3) is 0 Å². The van der Waals surface area contributed by atoms with Crippen LogP contribution in [0.1, 0.15) is 31.7 Å². The quantitative estimate of drug-likeness (QED) is 0.620. The second kappa shape index (κ2) is 7.64. The molecule has 0 aliphatic rings. The molecule has 0 saturated heterocycles. The highest BCUT2D eigenvalue weighted by Gasteiger charge is 2.01. The number of nitriles is 1. The Labute approximate surface area is 108 Å². The lowest BCUT2D eigenvalue weighted by Gasteiger charge is -2.11. The third-order valence-corrected chi connectivity index (χ3v) is 2.61. The summed E-state index contributed by atoms with van der Waals surface area (Å²) in [5.74, 6) is 0. The van der Waals surface area contributed by atoms with Crippen molar-refractivity contribution in [1.82, 2.24) is 5.32 Å². The minimum Gasteiger partial charge on any atom is -0.362 e. The van der Waals surface area contributed by atoms with Crippen molar-refractivity contribution in [3.8, 4) is 6.07 Å². The minimum atomic E-state index is 0.573. The Morgan fingerprint density at radius 3 is 2.82 bits per heavy atom. The summed E-state index contributed by atoms with van der Waals surface area (Å²) in [4.78, 5) is 0. The van der Waals surface area contributed by atoms with E-state index in [1.54, 1.807) is 6.07 Å². The average Bonchev–Trinajstić information content (AvgIpc) is 2.35. The zero-order valence-corrected chi connectivity index (χ0v) is 10.8. The van der Waals surface area contributed by atoms with Gasteiger partial charge in [-0.3, -0.25) is 0 Å². The van der Waals surface area contributed by atoms with E-state index in [4.69, 9.17) is 17.5 Å². The van der Waals surface area contributed by atoms with Gasteiger partial charge in [0.05, 0.1) is 11.3 Å². The smallest absolute Gasteiger partial charge is 0.170 e. The maximum Gasteiger partial charge on any atom is 0.170 e. The van der Waals surface area contributed by atoms with Crippen LogP contribution in [-0.4, -0.2) is 11.7 Å². The zero-order chi connectivity index (χ0) is 12.5. The molecule has 0 bridgehead atoms. The Kier molecular flexibility index (Phi) is 6.05. The minimum absolute atomic E-state index is 0.573. The van der Waals surface area contributed by atoms with Gasteiger partial charge < -0.3 is 10.6 Å². The molecule has 3 nitrogen and oxygen atoms in total. The average molecular weight is 247 g/mol. The maximum absolute atomic E-state index is 8.92. The van der Waals surface area contributed by atoms with E-state index in [0.29, 0.717) is 10.7 Å². The standard InChI is InChI=1S/C13H17N3S/c1-2-3-6-9-15-13(17)16-12-8-5-4-7-11(12)10-14/h4-5,7-8H,2-3,6,9H2,1H3,(H2,15,16,17). The van der Waals surface area contributed by atoms with Gasteiger partial charge in [-0.25, -0.2) is 0 Å². The van der Waals surface area contributed by atoms with Crippen molar-refractivity contribution < 1.29 is 0 Å². The fraction of sp³-hybridized carbons (Fsp3) is 0.385. The fourth-order valence-corrected chi connectivity index (χ4v) is 1.65. The van der Waals surface area contributed by atoms with Gasteiger partial charge in [0, 0.05) is 6.54 Å². The number of nitrogens with zero attached hydrogens (tertiary/aromatic N) is 1. The highest BCUT2D eigenvalue weighted by Crippen LogP contribution is 2.12. The summed E-state index contributed by atoms with van der Waals surface area (Å²) < 4.78 is 0. The molecule has 2 N–H and O–H groups in total. The first-order valence-electron chi connectivity index (χ1n) is 5.82. The third-order valence-electron chi connectivity index (χ3n) is 2.36. The lowest BCUT2D eigenvalue weighted by molar-refractivity contribution is 0.698. The van der Waals surface area contributed by atoms with Gasteiger partial charge in [0.1, 0.15) is 6.07 Å². The predicted octanol–water partition coefficient (Wildman–Crippen LogP) is 3.03. The Balaban J connectivity index is 2.43. The number of nitrogens with one attached hydrogen (secondary N) is 2. The number of rotatable bonds is 5. The first-order chi connectivity index (χ1) is 8.27. The van der Waals surface area contributed by atoms with Crippen molar-refractivity contribution >= 4 is 23.0 Å². The molecule has 1 aromatic carbocycles. The highest BCUT2D eigenvalue weighted by atomic mass is 32.1. The van der Waals surface area contributed by atoms with Gasteiger partial charge in [-0.1, -0.05) is 31.9 Å². The third kappa shape index (κ3) is 4.83. The molecule has 17 heavy (non-hydrogen) atoms. The molecular formula is C13H17N3S. The summed E-state index contributed by atoms with van der Waals surface area (Å²) in [5, 5.41) is 15.7. The van der Waals surface area contributed by atoms with Crippen LogP contribution in [0.2, 0.25) is 0 Å². The monoisotopic (exact) mass is 247 g/mol. The maximum atomic E-state index is 8.92. The molecule has 4 heteroatoms. The number of unbranched alkanes of at least 4 members (excludes halogenated alkanes) is 2. The molecule has 1 aromatic rings. The number of benzene rings is 1. The van der Waals surface area contributed by atoms with Crippen LogP contribution >= 0.6 is 12.2 Å². The summed E-state index contributed by atoms with van der Waals surface area (Å²) in [6.45, 7) is 3.04. The number of hydrogen-bond donors (Lipinski definition) is 2. The van der Waals surface area contributed by atoms with Crippen molar-refractivity contribution in [1.29, 1.82) is 5.26 Å². The Bertz CT molecular complexity index is 409. The first-order valence-corrected chi connectivity index (χ1v) is 6.22. The highest BCUT2D eigenvalue weighted by molar-refractivity contribution is 7.80. The lowest BCUT2D eigenvalue weighted by atomic mass is 10.2. The van der Waals surface area contributed by atoms with Crippen LogP contribution < -0.4 is 10.6 Å². The second-order valence-corrected chi connectivity index (χ2v) is 4.15. The number of para-hydroxylation sites is 1. The normalized spacial score (nSPS) is 9.41. The predicted molar refractivity (Wildman–Crippen MR) is 74.9 cm³/mol. The van der Waals surface area contributed by atoms with Crippen LogP contribution in [0.4, 0.5) is 5.69 Å². The van der Waals surface area contributed by atoms with E-state index in [9.17, 15) is 0 Å². The van der Waals surface area contributed by atoms with Crippen LogP contribution in [0, 0.1) is 11.3 Å². The molecule has 1 rings (SSSR count). The van der Waals surface area contributed by atoms with E-state index < -0.39 is 0 Å². The topological polar surface area (TPSA) is 47.8 Å². The Morgan fingerprint density at radius 2 is 2.12 bits per heavy atom. The van der Waals surface area contributed by atoms with E-state index in [1.165, 1.54) is 12.8 Å². The summed E-state index contributed by atoms with van der Waals surface area (Å²) in [6, 6.07) is 9.45. The van der Waals surface area contributed by atoms with Gasteiger partial charge in [-0.15, -0.1) is 0 Å². The summed E-state index contributed by atoms with van der Waals surface area (Å²) >= 11 is 5.16. The van der Waals surface area contributed by atoms with Crippen LogP contribution in [0.15, 0.2) is 24.3 Å². The Morgan fingerprint density at radius 1 is 1.35 bits per heavy atom. The molecule has 0 spiro atoms. The molecule has 0 aliphatic carbocycles. The van der Waals surface area contributed by atoms with Crippen LogP contribution in [0.5, 0.6) is 0 Å². The van der Waals surface area contributed by atoms with E-state index in [2.05, 4.69) is 23.6 Å². The van der Waals surface area contributed by atoms with Gasteiger partial charge >= 0.3 is 0 Å². The molecule has 0 fully saturated rings. The lowest BCUT2D eigenvalue weighted by Crippen LogP contribution is -2.29. The van der Waals surface area contributed by atoms with Gasteiger partial charge in [0.15, 0.2) is 5.11 Å². The van der Waals surface area contributed by atoms with Crippen molar-refractivity contribution in [3.05, 3.63) is 29.8 Å². The van der Waals surface area contributed by atoms with E-state index >= 15 is 0 Å². The van der Waals surface area contributed by atoms with Crippen LogP contribution in [-0.2, 0) is 0 Å². The largest absolute Gasteiger partial charge is 0.362 e. The van der Waals surface area contributed by atoms with Gasteiger partial charge in [-0.2, -0.15) is 5.26 Å². The summed E-state index contributed by atoms with van der Waals surface area (Å²) in [6.07, 6.45) is 3.50. The molecule has 0 unspecified atom stereocenters. The SMILES string of the molecule is CCCCCNC(=S)Nc1ccccc1C#N. The fourth-order valence-electron chi connectivity index (χ4n) is 1.43. The Hall–Kier alpha value is -1.60. The van der Waals surface area contributed by atoms with E-state index in [-0.39, 0.29) is 0 Å². The van der Waals surface area contributed by atoms with Crippen molar-refractivity contribution in [2.75, 3.05) is 11.9 Å². The summed E-state index contributed by atoms with van der Waals surface area (Å²) in [5.41, 5.74) is 1.35. The van der Waals surface area contributed by atoms with E-state index in [0.717, 1.165) is 18.7 Å². The van der Waals surface area contributed by atoms with Gasteiger partial charge in [-0.05, 0) is 30.8 Å². The number of hydrogen-bond acceptors (Lipinski definition) is 2. The molecule has 90 valence electrons. The number of thiocarbonyl (C=S) groups is 1. The molecule has 0 aromatic heterocycles. The molecule has 0 atom stereocenters.